The highest BCUT2D eigenvalue weighted by molar-refractivity contribution is 5.76. The first-order valence-electron chi connectivity index (χ1n) is 10.7. The number of aryl methyl sites for hydroxylation is 1. The van der Waals surface area contributed by atoms with Crippen molar-refractivity contribution >= 4 is 23.3 Å². The van der Waals surface area contributed by atoms with E-state index in [0.717, 1.165) is 49.3 Å². The zero-order valence-corrected chi connectivity index (χ0v) is 17.4. The zero-order chi connectivity index (χ0) is 21.0. The molecule has 10 nitrogen and oxygen atoms in total. The molecule has 0 unspecified atom stereocenters. The molecule has 5 rings (SSSR count). The summed E-state index contributed by atoms with van der Waals surface area (Å²) in [5.41, 5.74) is 1.86. The Morgan fingerprint density at radius 2 is 1.65 bits per heavy atom. The first-order chi connectivity index (χ1) is 15.3. The number of piperazine rings is 1. The van der Waals surface area contributed by atoms with E-state index in [1.807, 2.05) is 29.6 Å². The average molecular weight is 422 g/mol. The van der Waals surface area contributed by atoms with E-state index >= 15 is 0 Å². The van der Waals surface area contributed by atoms with Crippen molar-refractivity contribution in [2.45, 2.75) is 12.8 Å². The third-order valence-electron chi connectivity index (χ3n) is 5.86. The maximum Gasteiger partial charge on any atom is 0.225 e. The fraction of sp³-hybridized carbons (Fsp3) is 0.476. The molecule has 0 aliphatic carbocycles. The summed E-state index contributed by atoms with van der Waals surface area (Å²) in [6.45, 7) is 5.91. The van der Waals surface area contributed by atoms with Crippen LogP contribution >= 0.6 is 0 Å². The van der Waals surface area contributed by atoms with E-state index in [4.69, 9.17) is 4.74 Å². The molecule has 5 heterocycles. The summed E-state index contributed by atoms with van der Waals surface area (Å²) < 4.78 is 7.39. The standard InChI is InChI=1S/C21H26N8O2/c30-18(26-12-14-31-15-13-26)3-2-17-16-25-20-19(22-6-7-29(17)20)27-8-10-28(11-9-27)21-23-4-1-5-24-21/h1,4-7,16H,2-3,8-15H2. The Bertz CT molecular complexity index is 1030. The Labute approximate surface area is 180 Å². The van der Waals surface area contributed by atoms with Crippen molar-refractivity contribution in [3.8, 4) is 0 Å². The summed E-state index contributed by atoms with van der Waals surface area (Å²) >= 11 is 0. The topological polar surface area (TPSA) is 92.0 Å². The van der Waals surface area contributed by atoms with Crippen molar-refractivity contribution in [1.82, 2.24) is 29.2 Å². The Morgan fingerprint density at radius 3 is 2.42 bits per heavy atom. The van der Waals surface area contributed by atoms with E-state index in [2.05, 4.69) is 34.1 Å². The number of hydrogen-bond acceptors (Lipinski definition) is 8. The molecular weight excluding hydrogens is 396 g/mol. The van der Waals surface area contributed by atoms with E-state index in [1.165, 1.54) is 0 Å². The number of amides is 1. The molecule has 0 atom stereocenters. The lowest BCUT2D eigenvalue weighted by atomic mass is 10.2. The van der Waals surface area contributed by atoms with Crippen molar-refractivity contribution in [3.63, 3.8) is 0 Å². The lowest BCUT2D eigenvalue weighted by molar-refractivity contribution is -0.135. The number of carbonyl (C=O) groups is 1. The number of nitrogens with zero attached hydrogens (tertiary/aromatic N) is 8. The molecule has 0 saturated carbocycles. The summed E-state index contributed by atoms with van der Waals surface area (Å²) in [5, 5.41) is 0. The monoisotopic (exact) mass is 422 g/mol. The molecule has 2 aliphatic rings. The molecule has 2 saturated heterocycles. The lowest BCUT2D eigenvalue weighted by Crippen LogP contribution is -2.47. The second kappa shape index (κ2) is 8.84. The normalized spacial score (nSPS) is 17.4. The van der Waals surface area contributed by atoms with Crippen LogP contribution in [0.15, 0.2) is 37.1 Å². The second-order valence-corrected chi connectivity index (χ2v) is 7.71. The van der Waals surface area contributed by atoms with Crippen LogP contribution in [0.5, 0.6) is 0 Å². The van der Waals surface area contributed by atoms with E-state index in [0.29, 0.717) is 39.1 Å². The predicted octanol–water partition coefficient (Wildman–Crippen LogP) is 0.637. The van der Waals surface area contributed by atoms with Crippen LogP contribution in [-0.2, 0) is 16.0 Å². The van der Waals surface area contributed by atoms with E-state index < -0.39 is 0 Å². The second-order valence-electron chi connectivity index (χ2n) is 7.71. The number of ether oxygens (including phenoxy) is 1. The van der Waals surface area contributed by atoms with Crippen molar-refractivity contribution in [2.24, 2.45) is 0 Å². The van der Waals surface area contributed by atoms with Crippen LogP contribution in [0, 0.1) is 0 Å². The van der Waals surface area contributed by atoms with Gasteiger partial charge < -0.3 is 19.4 Å². The van der Waals surface area contributed by atoms with Crippen LogP contribution in [0.2, 0.25) is 0 Å². The van der Waals surface area contributed by atoms with Crippen molar-refractivity contribution < 1.29 is 9.53 Å². The molecule has 2 aliphatic heterocycles. The Balaban J connectivity index is 1.26. The number of fused-ring (bicyclic) bond motifs is 1. The maximum absolute atomic E-state index is 12.5. The van der Waals surface area contributed by atoms with Crippen molar-refractivity contribution in [1.29, 1.82) is 0 Å². The molecule has 0 aromatic carbocycles. The van der Waals surface area contributed by atoms with Gasteiger partial charge in [-0.05, 0) is 12.5 Å². The Morgan fingerprint density at radius 1 is 0.903 bits per heavy atom. The van der Waals surface area contributed by atoms with Crippen LogP contribution < -0.4 is 9.80 Å². The van der Waals surface area contributed by atoms with Gasteiger partial charge in [0.1, 0.15) is 0 Å². The van der Waals surface area contributed by atoms with Gasteiger partial charge in [-0.3, -0.25) is 9.20 Å². The van der Waals surface area contributed by atoms with E-state index in [9.17, 15) is 4.79 Å². The molecule has 162 valence electrons. The number of carbonyl (C=O) groups excluding carboxylic acids is 1. The van der Waals surface area contributed by atoms with Crippen LogP contribution in [0.3, 0.4) is 0 Å². The molecule has 2 fully saturated rings. The number of rotatable bonds is 5. The number of morpholine rings is 1. The largest absolute Gasteiger partial charge is 0.378 e. The van der Waals surface area contributed by atoms with Gasteiger partial charge in [-0.2, -0.15) is 0 Å². The van der Waals surface area contributed by atoms with E-state index in [1.54, 1.807) is 12.4 Å². The third kappa shape index (κ3) is 4.15. The number of aromatic nitrogens is 5. The predicted molar refractivity (Wildman–Crippen MR) is 115 cm³/mol. The summed E-state index contributed by atoms with van der Waals surface area (Å²) in [6.07, 6.45) is 10.3. The molecule has 10 heteroatoms. The molecule has 3 aromatic heterocycles. The first kappa shape index (κ1) is 19.7. The first-order valence-corrected chi connectivity index (χ1v) is 10.7. The molecule has 0 bridgehead atoms. The van der Waals surface area contributed by atoms with Gasteiger partial charge in [0.05, 0.1) is 13.2 Å². The van der Waals surface area contributed by atoms with Crippen molar-refractivity contribution in [3.05, 3.63) is 42.7 Å². The maximum atomic E-state index is 12.5. The Kier molecular flexibility index (Phi) is 5.61. The minimum absolute atomic E-state index is 0.173. The van der Waals surface area contributed by atoms with E-state index in [-0.39, 0.29) is 5.91 Å². The van der Waals surface area contributed by atoms with Gasteiger partial charge in [0.2, 0.25) is 11.9 Å². The summed E-state index contributed by atoms with van der Waals surface area (Å²) in [4.78, 5) is 36.8. The minimum Gasteiger partial charge on any atom is -0.378 e. The van der Waals surface area contributed by atoms with Gasteiger partial charge in [0.15, 0.2) is 11.5 Å². The summed E-state index contributed by atoms with van der Waals surface area (Å²) in [7, 11) is 0. The fourth-order valence-corrected chi connectivity index (χ4v) is 4.14. The number of anilines is 2. The molecule has 0 radical (unpaired) electrons. The molecule has 0 spiro atoms. The highest BCUT2D eigenvalue weighted by Gasteiger charge is 2.23. The molecule has 0 N–H and O–H groups in total. The van der Waals surface area contributed by atoms with Crippen LogP contribution in [-0.4, -0.2) is 87.6 Å². The van der Waals surface area contributed by atoms with Crippen LogP contribution in [0.4, 0.5) is 11.8 Å². The summed E-state index contributed by atoms with van der Waals surface area (Å²) in [6, 6.07) is 1.83. The molecule has 1 amide bonds. The van der Waals surface area contributed by atoms with Gasteiger partial charge in [0.25, 0.3) is 0 Å². The third-order valence-corrected chi connectivity index (χ3v) is 5.86. The minimum atomic E-state index is 0.173. The lowest BCUT2D eigenvalue weighted by Gasteiger charge is -2.35. The molecule has 31 heavy (non-hydrogen) atoms. The molecular formula is C21H26N8O2. The smallest absolute Gasteiger partial charge is 0.225 e. The van der Waals surface area contributed by atoms with Crippen LogP contribution in [0.25, 0.3) is 5.65 Å². The highest BCUT2D eigenvalue weighted by atomic mass is 16.5. The fourth-order valence-electron chi connectivity index (χ4n) is 4.14. The zero-order valence-electron chi connectivity index (χ0n) is 17.4. The molecule has 3 aromatic rings. The Hall–Kier alpha value is -3.27. The number of hydrogen-bond donors (Lipinski definition) is 0. The van der Waals surface area contributed by atoms with Gasteiger partial charge in [0, 0.05) is 82.4 Å². The average Bonchev–Trinajstić information content (AvgIpc) is 3.27. The van der Waals surface area contributed by atoms with Gasteiger partial charge in [-0.15, -0.1) is 0 Å². The summed E-state index contributed by atoms with van der Waals surface area (Å²) in [5.74, 6) is 1.81. The SMILES string of the molecule is O=C(CCc1cnc2c(N3CCN(c4ncccn4)CC3)nccn12)N1CCOCC1. The van der Waals surface area contributed by atoms with Crippen molar-refractivity contribution in [2.75, 3.05) is 62.3 Å². The quantitative estimate of drug-likeness (QED) is 0.592. The van der Waals surface area contributed by atoms with Gasteiger partial charge >= 0.3 is 0 Å². The highest BCUT2D eigenvalue weighted by Crippen LogP contribution is 2.22. The van der Waals surface area contributed by atoms with Gasteiger partial charge in [-0.25, -0.2) is 19.9 Å². The van der Waals surface area contributed by atoms with Gasteiger partial charge in [-0.1, -0.05) is 0 Å². The van der Waals surface area contributed by atoms with Crippen LogP contribution in [0.1, 0.15) is 12.1 Å². The number of imidazole rings is 1.